The number of para-hydroxylation sites is 1. The second-order valence-electron chi connectivity index (χ2n) is 7.44. The van der Waals surface area contributed by atoms with E-state index in [0.717, 1.165) is 17.7 Å². The van der Waals surface area contributed by atoms with Gasteiger partial charge < -0.3 is 5.11 Å². The zero-order valence-electron chi connectivity index (χ0n) is 15.6. The number of pyridine rings is 1. The lowest BCUT2D eigenvalue weighted by atomic mass is 9.80. The van der Waals surface area contributed by atoms with Crippen LogP contribution >= 0.6 is 0 Å². The number of hydrogen-bond donors (Lipinski definition) is 1. The fourth-order valence-corrected chi connectivity index (χ4v) is 3.99. The van der Waals surface area contributed by atoms with Crippen molar-refractivity contribution >= 4 is 28.5 Å². The summed E-state index contributed by atoms with van der Waals surface area (Å²) < 4.78 is 39.2. The number of benzene rings is 2. The van der Waals surface area contributed by atoms with Gasteiger partial charge >= 0.3 is 12.1 Å². The van der Waals surface area contributed by atoms with E-state index in [9.17, 15) is 23.1 Å². The zero-order chi connectivity index (χ0) is 20.8. The summed E-state index contributed by atoms with van der Waals surface area (Å²) in [6, 6.07) is 12.2. The van der Waals surface area contributed by atoms with Crippen molar-refractivity contribution in [3.63, 3.8) is 0 Å². The summed E-state index contributed by atoms with van der Waals surface area (Å²) in [6.07, 6.45) is -1.54. The Morgan fingerprint density at radius 2 is 1.90 bits per heavy atom. The number of nitrogens with zero attached hydrogens (tertiary/aromatic N) is 1. The fraction of sp³-hybridized carbons (Fsp3) is 0.217. The number of carboxylic acids is 1. The highest BCUT2D eigenvalue weighted by Gasteiger charge is 2.31. The van der Waals surface area contributed by atoms with Crippen molar-refractivity contribution in [3.8, 4) is 0 Å². The largest absolute Gasteiger partial charge is 0.478 e. The Bertz CT molecular complexity index is 1150. The zero-order valence-corrected chi connectivity index (χ0v) is 15.6. The van der Waals surface area contributed by atoms with E-state index in [-0.39, 0.29) is 11.5 Å². The first-order valence-corrected chi connectivity index (χ1v) is 9.27. The molecule has 148 valence electrons. The van der Waals surface area contributed by atoms with E-state index < -0.39 is 17.7 Å². The Balaban J connectivity index is 1.93. The maximum atomic E-state index is 13.1. The van der Waals surface area contributed by atoms with Crippen LogP contribution in [-0.4, -0.2) is 16.1 Å². The molecule has 0 aliphatic heterocycles. The molecule has 0 spiro atoms. The number of carboxylic acid groups (broad SMARTS) is 1. The third kappa shape index (κ3) is 3.62. The van der Waals surface area contributed by atoms with Gasteiger partial charge in [0.15, 0.2) is 0 Å². The second-order valence-corrected chi connectivity index (χ2v) is 7.44. The van der Waals surface area contributed by atoms with Crippen molar-refractivity contribution in [1.29, 1.82) is 0 Å². The molecular formula is C23H18F3NO2. The van der Waals surface area contributed by atoms with Gasteiger partial charge in [0.1, 0.15) is 0 Å². The Labute approximate surface area is 165 Å². The summed E-state index contributed by atoms with van der Waals surface area (Å²) in [5, 5.41) is 10.4. The molecule has 0 amide bonds. The highest BCUT2D eigenvalue weighted by Crippen LogP contribution is 2.39. The summed E-state index contributed by atoms with van der Waals surface area (Å²) >= 11 is 0. The lowest BCUT2D eigenvalue weighted by molar-refractivity contribution is -0.137. The molecule has 1 atom stereocenters. The molecule has 6 heteroatoms. The number of alkyl halides is 3. The van der Waals surface area contributed by atoms with Crippen LogP contribution in [0.5, 0.6) is 0 Å². The average molecular weight is 397 g/mol. The van der Waals surface area contributed by atoms with Crippen molar-refractivity contribution in [1.82, 2.24) is 4.98 Å². The first-order valence-electron chi connectivity index (χ1n) is 9.27. The Morgan fingerprint density at radius 1 is 1.14 bits per heavy atom. The number of carbonyl (C=O) groups is 1. The van der Waals surface area contributed by atoms with Gasteiger partial charge in [-0.25, -0.2) is 9.78 Å². The van der Waals surface area contributed by atoms with Gasteiger partial charge in [-0.15, -0.1) is 0 Å². The summed E-state index contributed by atoms with van der Waals surface area (Å²) in [4.78, 5) is 16.7. The van der Waals surface area contributed by atoms with Gasteiger partial charge in [-0.1, -0.05) is 37.3 Å². The van der Waals surface area contributed by atoms with Crippen LogP contribution in [0.3, 0.4) is 0 Å². The molecule has 4 rings (SSSR count). The van der Waals surface area contributed by atoms with Gasteiger partial charge in [-0.05, 0) is 59.7 Å². The minimum atomic E-state index is -4.42. The molecule has 1 N–H and O–H groups in total. The third-order valence-corrected chi connectivity index (χ3v) is 5.19. The van der Waals surface area contributed by atoms with E-state index in [1.54, 1.807) is 36.4 Å². The normalized spacial score (nSPS) is 18.1. The second kappa shape index (κ2) is 7.03. The van der Waals surface area contributed by atoms with Crippen LogP contribution in [-0.2, 0) is 12.6 Å². The number of allylic oxidation sites excluding steroid dienone is 1. The Kier molecular flexibility index (Phi) is 4.65. The van der Waals surface area contributed by atoms with Gasteiger partial charge in [0.2, 0.25) is 0 Å². The van der Waals surface area contributed by atoms with Crippen LogP contribution in [0.15, 0.2) is 48.5 Å². The maximum absolute atomic E-state index is 13.1. The Morgan fingerprint density at radius 3 is 2.62 bits per heavy atom. The first-order chi connectivity index (χ1) is 13.7. The van der Waals surface area contributed by atoms with Gasteiger partial charge in [0, 0.05) is 5.39 Å². The predicted octanol–water partition coefficient (Wildman–Crippen LogP) is 6.07. The van der Waals surface area contributed by atoms with Crippen LogP contribution in [0.2, 0.25) is 0 Å². The standard InChI is InChI=1S/C23H18F3NO2/c1-13-9-15(11-14-5-4-6-16(12-14)23(24,25)26)21-18(10-13)20(22(28)29)17-7-2-3-8-19(17)27-21/h2-8,11-13H,9-10H2,1H3,(H,28,29). The predicted molar refractivity (Wildman–Crippen MR) is 106 cm³/mol. The fourth-order valence-electron chi connectivity index (χ4n) is 3.99. The number of fused-ring (bicyclic) bond motifs is 2. The van der Waals surface area contributed by atoms with E-state index in [2.05, 4.69) is 4.98 Å². The van der Waals surface area contributed by atoms with Crippen LogP contribution < -0.4 is 0 Å². The number of halogens is 3. The summed E-state index contributed by atoms with van der Waals surface area (Å²) in [6.45, 7) is 2.00. The first kappa shape index (κ1) is 19.2. The molecule has 1 heterocycles. The molecule has 1 unspecified atom stereocenters. The third-order valence-electron chi connectivity index (χ3n) is 5.19. The van der Waals surface area contributed by atoms with E-state index in [4.69, 9.17) is 0 Å². The smallest absolute Gasteiger partial charge is 0.416 e. The van der Waals surface area contributed by atoms with Crippen molar-refractivity contribution < 1.29 is 23.1 Å². The van der Waals surface area contributed by atoms with Crippen LogP contribution in [0.25, 0.3) is 22.6 Å². The molecule has 0 fully saturated rings. The van der Waals surface area contributed by atoms with Crippen LogP contribution in [0.4, 0.5) is 13.2 Å². The van der Waals surface area contributed by atoms with E-state index in [1.807, 2.05) is 6.92 Å². The van der Waals surface area contributed by atoms with Crippen molar-refractivity contribution in [3.05, 3.63) is 76.5 Å². The van der Waals surface area contributed by atoms with E-state index >= 15 is 0 Å². The lowest BCUT2D eigenvalue weighted by Crippen LogP contribution is -2.17. The van der Waals surface area contributed by atoms with Crippen molar-refractivity contribution in [2.75, 3.05) is 0 Å². The Hall–Kier alpha value is -3.15. The topological polar surface area (TPSA) is 50.2 Å². The van der Waals surface area contributed by atoms with Crippen LogP contribution in [0.1, 0.15) is 46.1 Å². The summed E-state index contributed by atoms with van der Waals surface area (Å²) in [7, 11) is 0. The average Bonchev–Trinajstić information content (AvgIpc) is 2.65. The van der Waals surface area contributed by atoms with Gasteiger partial charge in [0.05, 0.1) is 22.3 Å². The molecule has 29 heavy (non-hydrogen) atoms. The van der Waals surface area contributed by atoms with E-state index in [1.165, 1.54) is 6.07 Å². The molecular weight excluding hydrogens is 379 g/mol. The molecule has 0 radical (unpaired) electrons. The van der Waals surface area contributed by atoms with Crippen molar-refractivity contribution in [2.24, 2.45) is 5.92 Å². The molecule has 1 aliphatic rings. The highest BCUT2D eigenvalue weighted by molar-refractivity contribution is 6.05. The van der Waals surface area contributed by atoms with Gasteiger partial charge in [0.25, 0.3) is 0 Å². The minimum absolute atomic E-state index is 0.153. The van der Waals surface area contributed by atoms with E-state index in [0.29, 0.717) is 40.6 Å². The van der Waals surface area contributed by atoms with Gasteiger partial charge in [-0.2, -0.15) is 13.2 Å². The SMILES string of the molecule is CC1CC(=Cc2cccc(C(F)(F)F)c2)c2nc3ccccc3c(C(=O)O)c2C1. The monoisotopic (exact) mass is 397 g/mol. The molecule has 0 saturated heterocycles. The number of hydrogen-bond acceptors (Lipinski definition) is 2. The number of rotatable bonds is 2. The molecule has 1 aromatic heterocycles. The van der Waals surface area contributed by atoms with Crippen LogP contribution in [0, 0.1) is 5.92 Å². The highest BCUT2D eigenvalue weighted by atomic mass is 19.4. The van der Waals surface area contributed by atoms with Crippen molar-refractivity contribution in [2.45, 2.75) is 25.9 Å². The molecule has 3 aromatic rings. The molecule has 2 aromatic carbocycles. The minimum Gasteiger partial charge on any atom is -0.478 e. The number of aromatic carboxylic acids is 1. The number of aromatic nitrogens is 1. The lowest BCUT2D eigenvalue weighted by Gasteiger charge is -2.26. The van der Waals surface area contributed by atoms with Gasteiger partial charge in [-0.3, -0.25) is 0 Å². The summed E-state index contributed by atoms with van der Waals surface area (Å²) in [5.41, 5.74) is 2.46. The maximum Gasteiger partial charge on any atom is 0.416 e. The summed E-state index contributed by atoms with van der Waals surface area (Å²) in [5.74, 6) is -0.868. The quantitative estimate of drug-likeness (QED) is 0.571. The molecule has 1 aliphatic carbocycles. The molecule has 3 nitrogen and oxygen atoms in total. The molecule has 0 bridgehead atoms. The molecule has 0 saturated carbocycles.